The van der Waals surface area contributed by atoms with Crippen molar-refractivity contribution < 1.29 is 9.47 Å². The molecule has 3 aromatic heterocycles. The van der Waals surface area contributed by atoms with Crippen LogP contribution in [0.4, 0.5) is 17.3 Å². The molecule has 1 aromatic carbocycles. The second-order valence-electron chi connectivity index (χ2n) is 12.2. The molecule has 45 heavy (non-hydrogen) atoms. The van der Waals surface area contributed by atoms with E-state index in [1.165, 1.54) is 0 Å². The first-order valence-corrected chi connectivity index (χ1v) is 16.8. The number of pyridine rings is 1. The van der Waals surface area contributed by atoms with E-state index in [-0.39, 0.29) is 5.56 Å². The molecule has 0 bridgehead atoms. The Morgan fingerprint density at radius 3 is 2.53 bits per heavy atom. The molecule has 4 aromatic rings. The van der Waals surface area contributed by atoms with Gasteiger partial charge in [0.25, 0.3) is 5.56 Å². The number of benzene rings is 1. The molecule has 0 aliphatic carbocycles. The molecule has 0 atom stereocenters. The van der Waals surface area contributed by atoms with Crippen molar-refractivity contribution in [1.29, 1.82) is 0 Å². The summed E-state index contributed by atoms with van der Waals surface area (Å²) in [5, 5.41) is 12.6. The molecule has 6 rings (SSSR count). The highest BCUT2D eigenvalue weighted by Crippen LogP contribution is 2.30. The van der Waals surface area contributed by atoms with Crippen LogP contribution >= 0.6 is 11.9 Å². The summed E-state index contributed by atoms with van der Waals surface area (Å²) in [6.45, 7) is 8.84. The molecule has 240 valence electrons. The molecule has 2 N–H and O–H groups in total. The zero-order chi connectivity index (χ0) is 31.3. The van der Waals surface area contributed by atoms with Crippen molar-refractivity contribution in [2.24, 2.45) is 5.92 Å². The van der Waals surface area contributed by atoms with Gasteiger partial charge in [0.05, 0.1) is 23.6 Å². The fourth-order valence-electron chi connectivity index (χ4n) is 6.26. The molecule has 2 fully saturated rings. The Hall–Kier alpha value is -3.45. The largest absolute Gasteiger partial charge is 0.384 e. The van der Waals surface area contributed by atoms with Crippen molar-refractivity contribution in [3.05, 3.63) is 58.3 Å². The summed E-state index contributed by atoms with van der Waals surface area (Å²) in [7, 11) is 3.87. The van der Waals surface area contributed by atoms with Crippen LogP contribution < -0.4 is 16.2 Å². The number of aromatic nitrogens is 5. The van der Waals surface area contributed by atoms with E-state index in [4.69, 9.17) is 19.6 Å². The second kappa shape index (κ2) is 14.3. The topological polar surface area (TPSA) is 111 Å². The first kappa shape index (κ1) is 31.5. The number of likely N-dealkylation sites (tertiary alicyclic amines) is 1. The predicted molar refractivity (Wildman–Crippen MR) is 182 cm³/mol. The lowest BCUT2D eigenvalue weighted by Crippen LogP contribution is -2.36. The van der Waals surface area contributed by atoms with E-state index in [0.717, 1.165) is 78.2 Å². The van der Waals surface area contributed by atoms with Crippen molar-refractivity contribution in [1.82, 2.24) is 28.6 Å². The molecule has 0 unspecified atom stereocenters. The van der Waals surface area contributed by atoms with Crippen molar-refractivity contribution >= 4 is 40.3 Å². The Labute approximate surface area is 268 Å². The Kier molecular flexibility index (Phi) is 10.0. The standard InChI is InChI=1S/C33H44N8O3S/c1-22-30(23(2)41(38-22)45-18-17-43-4)29-19-25-20-34-33(37-31(25)40(32(29)42)21-24-11-15-44-16-12-24)36-27-7-5-26(6-8-27)35-28-9-13-39(3)14-10-28/h5-8,19-20,24,28,35H,9-18,21H2,1-4H3,(H,34,36,37). The van der Waals surface area contributed by atoms with E-state index in [1.54, 1.807) is 19.1 Å². The molecule has 12 heteroatoms. The van der Waals surface area contributed by atoms with E-state index in [9.17, 15) is 4.79 Å². The van der Waals surface area contributed by atoms with E-state index in [0.29, 0.717) is 55.5 Å². The van der Waals surface area contributed by atoms with Crippen LogP contribution in [0.15, 0.2) is 41.3 Å². The van der Waals surface area contributed by atoms with Gasteiger partial charge in [0.15, 0.2) is 0 Å². The average Bonchev–Trinajstić information content (AvgIpc) is 3.33. The minimum Gasteiger partial charge on any atom is -0.384 e. The lowest BCUT2D eigenvalue weighted by Gasteiger charge is -2.30. The number of fused-ring (bicyclic) bond motifs is 1. The summed E-state index contributed by atoms with van der Waals surface area (Å²) >= 11 is 1.57. The maximum atomic E-state index is 14.3. The third kappa shape index (κ3) is 7.35. The van der Waals surface area contributed by atoms with Crippen LogP contribution in [-0.2, 0) is 16.0 Å². The van der Waals surface area contributed by atoms with Gasteiger partial charge in [-0.2, -0.15) is 10.1 Å². The molecule has 0 radical (unpaired) electrons. The normalized spacial score (nSPS) is 16.8. The van der Waals surface area contributed by atoms with E-state index in [1.807, 2.05) is 46.9 Å². The number of piperidine rings is 1. The maximum absolute atomic E-state index is 14.3. The smallest absolute Gasteiger partial charge is 0.260 e. The average molecular weight is 633 g/mol. The molecule has 0 amide bonds. The number of hydrogen-bond donors (Lipinski definition) is 2. The maximum Gasteiger partial charge on any atom is 0.260 e. The van der Waals surface area contributed by atoms with E-state index >= 15 is 0 Å². The summed E-state index contributed by atoms with van der Waals surface area (Å²) in [5.74, 6) is 1.56. The minimum absolute atomic E-state index is 0.0596. The molecular formula is C33H44N8O3S. The zero-order valence-electron chi connectivity index (χ0n) is 26.7. The number of rotatable bonds is 11. The predicted octanol–water partition coefficient (Wildman–Crippen LogP) is 5.09. The molecule has 11 nitrogen and oxygen atoms in total. The van der Waals surface area contributed by atoms with Crippen LogP contribution in [0.3, 0.4) is 0 Å². The van der Waals surface area contributed by atoms with Crippen molar-refractivity contribution in [2.75, 3.05) is 63.5 Å². The summed E-state index contributed by atoms with van der Waals surface area (Å²) in [5.41, 5.74) is 5.82. The van der Waals surface area contributed by atoms with Gasteiger partial charge >= 0.3 is 0 Å². The lowest BCUT2D eigenvalue weighted by atomic mass is 9.99. The van der Waals surface area contributed by atoms with Gasteiger partial charge in [-0.15, -0.1) is 0 Å². The summed E-state index contributed by atoms with van der Waals surface area (Å²) in [6.07, 6.45) is 5.94. The number of anilines is 3. The molecule has 0 saturated carbocycles. The Morgan fingerprint density at radius 1 is 1.07 bits per heavy atom. The van der Waals surface area contributed by atoms with Gasteiger partial charge in [-0.25, -0.2) is 9.07 Å². The number of hydrogen-bond acceptors (Lipinski definition) is 10. The fraction of sp³-hybridized carbons (Fsp3) is 0.515. The first-order valence-electron chi connectivity index (χ1n) is 15.9. The van der Waals surface area contributed by atoms with Crippen LogP contribution in [0.2, 0.25) is 0 Å². The minimum atomic E-state index is -0.0596. The highest BCUT2D eigenvalue weighted by Gasteiger charge is 2.23. The Balaban J connectivity index is 1.30. The van der Waals surface area contributed by atoms with E-state index in [2.05, 4.69) is 39.7 Å². The van der Waals surface area contributed by atoms with Crippen LogP contribution in [0, 0.1) is 19.8 Å². The van der Waals surface area contributed by atoms with Gasteiger partial charge < -0.3 is 25.0 Å². The van der Waals surface area contributed by atoms with Crippen LogP contribution in [-0.4, -0.2) is 87.5 Å². The van der Waals surface area contributed by atoms with Gasteiger partial charge in [0.1, 0.15) is 5.65 Å². The highest BCUT2D eigenvalue weighted by molar-refractivity contribution is 7.97. The molecule has 2 saturated heterocycles. The fourth-order valence-corrected chi connectivity index (χ4v) is 7.14. The van der Waals surface area contributed by atoms with Crippen molar-refractivity contribution in [2.45, 2.75) is 52.1 Å². The number of nitrogens with one attached hydrogen (secondary N) is 2. The molecule has 0 spiro atoms. The summed E-state index contributed by atoms with van der Waals surface area (Å²) in [6, 6.07) is 10.7. The second-order valence-corrected chi connectivity index (χ2v) is 13.2. The van der Waals surface area contributed by atoms with Crippen LogP contribution in [0.1, 0.15) is 37.1 Å². The summed E-state index contributed by atoms with van der Waals surface area (Å²) < 4.78 is 14.6. The number of ether oxygens (including phenoxy) is 2. The van der Waals surface area contributed by atoms with Crippen LogP contribution in [0.5, 0.6) is 0 Å². The number of methoxy groups -OCH3 is 1. The van der Waals surface area contributed by atoms with Crippen molar-refractivity contribution in [3.63, 3.8) is 0 Å². The van der Waals surface area contributed by atoms with Gasteiger partial charge in [0, 0.05) is 67.2 Å². The summed E-state index contributed by atoms with van der Waals surface area (Å²) in [4.78, 5) is 26.2. The van der Waals surface area contributed by atoms with Gasteiger partial charge in [-0.1, -0.05) is 0 Å². The monoisotopic (exact) mass is 632 g/mol. The molecule has 2 aliphatic rings. The van der Waals surface area contributed by atoms with Crippen LogP contribution in [0.25, 0.3) is 22.2 Å². The van der Waals surface area contributed by atoms with Gasteiger partial charge in [-0.05, 0) is 108 Å². The molecule has 2 aliphatic heterocycles. The highest BCUT2D eigenvalue weighted by atomic mass is 32.2. The first-order chi connectivity index (χ1) is 21.9. The SMILES string of the molecule is COCCSn1nc(C)c(-c2cc3cnc(Nc4ccc(NC5CCN(C)CC5)cc4)nc3n(CC3CCOCC3)c2=O)c1C. The quantitative estimate of drug-likeness (QED) is 0.217. The van der Waals surface area contributed by atoms with Gasteiger partial charge in [0.2, 0.25) is 5.95 Å². The molecular weight excluding hydrogens is 588 g/mol. The Bertz CT molecular complexity index is 1660. The van der Waals surface area contributed by atoms with Crippen molar-refractivity contribution in [3.8, 4) is 11.1 Å². The van der Waals surface area contributed by atoms with Gasteiger partial charge in [-0.3, -0.25) is 9.36 Å². The number of aryl methyl sites for hydroxylation is 1. The molecule has 5 heterocycles. The third-order valence-corrected chi connectivity index (χ3v) is 9.81. The third-order valence-electron chi connectivity index (χ3n) is 8.86. The van der Waals surface area contributed by atoms with E-state index < -0.39 is 0 Å². The number of nitrogens with zero attached hydrogens (tertiary/aromatic N) is 6. The Morgan fingerprint density at radius 2 is 1.80 bits per heavy atom. The zero-order valence-corrected chi connectivity index (χ0v) is 27.5. The lowest BCUT2D eigenvalue weighted by molar-refractivity contribution is 0.0613.